The molecule has 1 amide bonds. The molecule has 1 N–H and O–H groups in total. The lowest BCUT2D eigenvalue weighted by Gasteiger charge is -2.31. The fraction of sp³-hybridized carbons (Fsp3) is 0.409. The second-order valence-corrected chi connectivity index (χ2v) is 9.57. The number of morpholine rings is 1. The number of ether oxygens (including phenoxy) is 1. The van der Waals surface area contributed by atoms with E-state index in [9.17, 15) is 13.2 Å². The molecule has 1 aliphatic heterocycles. The van der Waals surface area contributed by atoms with E-state index in [0.717, 1.165) is 31.8 Å². The largest absolute Gasteiger partial charge is 0.376 e. The van der Waals surface area contributed by atoms with E-state index in [4.69, 9.17) is 4.74 Å². The number of hydrogen-bond acceptors (Lipinski definition) is 5. The smallest absolute Gasteiger partial charge is 0.252 e. The van der Waals surface area contributed by atoms with Gasteiger partial charge < -0.3 is 10.1 Å². The molecule has 156 valence electrons. The lowest BCUT2D eigenvalue weighted by atomic mass is 10.1. The zero-order valence-corrected chi connectivity index (χ0v) is 17.7. The maximum atomic E-state index is 12.6. The Morgan fingerprint density at radius 1 is 1.17 bits per heavy atom. The molecular weight excluding hydrogens is 388 g/mol. The maximum absolute atomic E-state index is 12.6. The van der Waals surface area contributed by atoms with E-state index in [2.05, 4.69) is 29.3 Å². The van der Waals surface area contributed by atoms with E-state index in [0.29, 0.717) is 6.54 Å². The predicted octanol–water partition coefficient (Wildman–Crippen LogP) is 2.63. The van der Waals surface area contributed by atoms with Crippen molar-refractivity contribution in [3.63, 3.8) is 0 Å². The SMILES string of the molecule is CCS(=O)(=O)c1ccccc1C(=O)NCc1cccc(CN2CCOC(C)C2)c1. The number of amides is 1. The van der Waals surface area contributed by atoms with Crippen molar-refractivity contribution in [3.05, 3.63) is 65.2 Å². The highest BCUT2D eigenvalue weighted by Crippen LogP contribution is 2.17. The first-order valence-corrected chi connectivity index (χ1v) is 11.6. The Morgan fingerprint density at radius 3 is 2.69 bits per heavy atom. The number of nitrogens with zero attached hydrogens (tertiary/aromatic N) is 1. The molecule has 1 fully saturated rings. The Labute approximate surface area is 172 Å². The van der Waals surface area contributed by atoms with Crippen molar-refractivity contribution in [2.75, 3.05) is 25.4 Å². The molecule has 0 radical (unpaired) electrons. The van der Waals surface area contributed by atoms with E-state index < -0.39 is 9.84 Å². The van der Waals surface area contributed by atoms with Gasteiger partial charge in [0.05, 0.1) is 28.9 Å². The number of carbonyl (C=O) groups is 1. The molecule has 0 saturated carbocycles. The number of benzene rings is 2. The Balaban J connectivity index is 1.66. The molecule has 1 unspecified atom stereocenters. The van der Waals surface area contributed by atoms with Gasteiger partial charge in [-0.25, -0.2) is 8.42 Å². The van der Waals surface area contributed by atoms with Gasteiger partial charge in [0, 0.05) is 26.2 Å². The topological polar surface area (TPSA) is 75.7 Å². The van der Waals surface area contributed by atoms with Crippen LogP contribution in [0.1, 0.15) is 35.3 Å². The lowest BCUT2D eigenvalue weighted by molar-refractivity contribution is -0.0212. The molecule has 1 aliphatic rings. The van der Waals surface area contributed by atoms with Gasteiger partial charge in [-0.15, -0.1) is 0 Å². The molecule has 29 heavy (non-hydrogen) atoms. The lowest BCUT2D eigenvalue weighted by Crippen LogP contribution is -2.40. The predicted molar refractivity (Wildman–Crippen MR) is 112 cm³/mol. The van der Waals surface area contributed by atoms with Crippen molar-refractivity contribution in [1.29, 1.82) is 0 Å². The zero-order chi connectivity index (χ0) is 20.9. The highest BCUT2D eigenvalue weighted by molar-refractivity contribution is 7.91. The van der Waals surface area contributed by atoms with E-state index >= 15 is 0 Å². The van der Waals surface area contributed by atoms with Gasteiger partial charge in [0.2, 0.25) is 0 Å². The minimum Gasteiger partial charge on any atom is -0.376 e. The molecule has 0 bridgehead atoms. The van der Waals surface area contributed by atoms with E-state index in [-0.39, 0.29) is 28.2 Å². The fourth-order valence-electron chi connectivity index (χ4n) is 3.49. The van der Waals surface area contributed by atoms with E-state index in [1.165, 1.54) is 11.6 Å². The summed E-state index contributed by atoms with van der Waals surface area (Å²) in [5.41, 5.74) is 2.35. The quantitative estimate of drug-likeness (QED) is 0.751. The van der Waals surface area contributed by atoms with Gasteiger partial charge in [-0.1, -0.05) is 43.3 Å². The van der Waals surface area contributed by atoms with Crippen LogP contribution >= 0.6 is 0 Å². The van der Waals surface area contributed by atoms with Crippen LogP contribution < -0.4 is 5.32 Å². The van der Waals surface area contributed by atoms with Crippen LogP contribution in [0.2, 0.25) is 0 Å². The van der Waals surface area contributed by atoms with Crippen molar-refractivity contribution >= 4 is 15.7 Å². The van der Waals surface area contributed by atoms with Gasteiger partial charge in [0.1, 0.15) is 0 Å². The first kappa shape index (κ1) is 21.5. The zero-order valence-electron chi connectivity index (χ0n) is 16.9. The summed E-state index contributed by atoms with van der Waals surface area (Å²) in [5.74, 6) is -0.426. The second-order valence-electron chi connectivity index (χ2n) is 7.32. The third kappa shape index (κ3) is 5.65. The summed E-state index contributed by atoms with van der Waals surface area (Å²) in [6.07, 6.45) is 0.241. The summed E-state index contributed by atoms with van der Waals surface area (Å²) in [5, 5.41) is 2.85. The maximum Gasteiger partial charge on any atom is 0.252 e. The van der Waals surface area contributed by atoms with E-state index in [1.807, 2.05) is 12.1 Å². The third-order valence-corrected chi connectivity index (χ3v) is 6.81. The van der Waals surface area contributed by atoms with Crippen LogP contribution in [-0.4, -0.2) is 50.8 Å². The highest BCUT2D eigenvalue weighted by atomic mass is 32.2. The summed E-state index contributed by atoms with van der Waals surface area (Å²) in [7, 11) is -3.46. The van der Waals surface area contributed by atoms with Gasteiger partial charge >= 0.3 is 0 Å². The Hall–Kier alpha value is -2.22. The molecule has 6 nitrogen and oxygen atoms in total. The second kappa shape index (κ2) is 9.52. The highest BCUT2D eigenvalue weighted by Gasteiger charge is 2.20. The summed E-state index contributed by atoms with van der Waals surface area (Å²) >= 11 is 0. The molecule has 0 aliphatic carbocycles. The van der Waals surface area contributed by atoms with Crippen LogP contribution in [0.4, 0.5) is 0 Å². The Kier molecular flexibility index (Phi) is 7.05. The van der Waals surface area contributed by atoms with Gasteiger partial charge in [-0.3, -0.25) is 9.69 Å². The number of sulfone groups is 1. The van der Waals surface area contributed by atoms with Crippen molar-refractivity contribution in [2.24, 2.45) is 0 Å². The van der Waals surface area contributed by atoms with Crippen molar-refractivity contribution < 1.29 is 17.9 Å². The van der Waals surface area contributed by atoms with Crippen LogP contribution in [0, 0.1) is 0 Å². The monoisotopic (exact) mass is 416 g/mol. The average Bonchev–Trinajstić information content (AvgIpc) is 2.72. The van der Waals surface area contributed by atoms with Crippen molar-refractivity contribution in [3.8, 4) is 0 Å². The summed E-state index contributed by atoms with van der Waals surface area (Å²) in [6, 6.07) is 14.4. The van der Waals surface area contributed by atoms with Gasteiger partial charge in [-0.05, 0) is 30.2 Å². The fourth-order valence-corrected chi connectivity index (χ4v) is 4.58. The summed E-state index contributed by atoms with van der Waals surface area (Å²) in [4.78, 5) is 15.1. The minimum atomic E-state index is -3.46. The molecule has 0 spiro atoms. The van der Waals surface area contributed by atoms with Gasteiger partial charge in [0.15, 0.2) is 9.84 Å². The van der Waals surface area contributed by atoms with E-state index in [1.54, 1.807) is 25.1 Å². The summed E-state index contributed by atoms with van der Waals surface area (Å²) < 4.78 is 30.1. The number of carbonyl (C=O) groups excluding carboxylic acids is 1. The summed E-state index contributed by atoms with van der Waals surface area (Å²) in [6.45, 7) is 7.40. The third-order valence-electron chi connectivity index (χ3n) is 5.02. The van der Waals surface area contributed by atoms with Crippen molar-refractivity contribution in [2.45, 2.75) is 37.9 Å². The van der Waals surface area contributed by atoms with Crippen LogP contribution in [0.25, 0.3) is 0 Å². The standard InChI is InChI=1S/C22H28N2O4S/c1-3-29(26,27)21-10-5-4-9-20(21)22(25)23-14-18-7-6-8-19(13-18)16-24-11-12-28-17(2)15-24/h4-10,13,17H,3,11-12,14-16H2,1-2H3,(H,23,25). The van der Waals surface area contributed by atoms with Crippen LogP contribution in [-0.2, 0) is 27.7 Å². The molecular formula is C22H28N2O4S. The minimum absolute atomic E-state index is 0.0422. The van der Waals surface area contributed by atoms with Gasteiger partial charge in [-0.2, -0.15) is 0 Å². The number of nitrogens with one attached hydrogen (secondary N) is 1. The molecule has 0 aromatic heterocycles. The molecule has 1 atom stereocenters. The normalized spacial score (nSPS) is 17.8. The molecule has 2 aromatic rings. The van der Waals surface area contributed by atoms with Crippen LogP contribution in [0.15, 0.2) is 53.4 Å². The average molecular weight is 417 g/mol. The molecule has 1 heterocycles. The van der Waals surface area contributed by atoms with Crippen LogP contribution in [0.5, 0.6) is 0 Å². The number of rotatable bonds is 7. The van der Waals surface area contributed by atoms with Crippen LogP contribution in [0.3, 0.4) is 0 Å². The molecule has 7 heteroatoms. The molecule has 1 saturated heterocycles. The first-order valence-electron chi connectivity index (χ1n) is 9.91. The van der Waals surface area contributed by atoms with Gasteiger partial charge in [0.25, 0.3) is 5.91 Å². The van der Waals surface area contributed by atoms with Crippen molar-refractivity contribution in [1.82, 2.24) is 10.2 Å². The number of hydrogen-bond donors (Lipinski definition) is 1. The first-order chi connectivity index (χ1) is 13.9. The Morgan fingerprint density at radius 2 is 1.93 bits per heavy atom. The molecule has 2 aromatic carbocycles. The molecule has 3 rings (SSSR count). The Bertz CT molecular complexity index is 959.